The highest BCUT2D eigenvalue weighted by Crippen LogP contribution is 2.26. The number of amides is 2. The van der Waals surface area contributed by atoms with Gasteiger partial charge < -0.3 is 19.7 Å². The summed E-state index contributed by atoms with van der Waals surface area (Å²) in [6.07, 6.45) is 4.22. The SMILES string of the molecule is COc1ccccc1OCC(=O)N(Cc1ccc(Cl)cc1)[C@H](C)C(=O)NC1CCCC1. The third-order valence-corrected chi connectivity index (χ3v) is 5.81. The van der Waals surface area contributed by atoms with Crippen molar-refractivity contribution >= 4 is 23.4 Å². The van der Waals surface area contributed by atoms with E-state index in [2.05, 4.69) is 5.32 Å². The zero-order chi connectivity index (χ0) is 22.2. The van der Waals surface area contributed by atoms with Crippen molar-refractivity contribution in [3.05, 3.63) is 59.1 Å². The first-order valence-corrected chi connectivity index (χ1v) is 11.0. The predicted molar refractivity (Wildman–Crippen MR) is 120 cm³/mol. The average molecular weight is 445 g/mol. The number of hydrogen-bond acceptors (Lipinski definition) is 4. The molecule has 7 heteroatoms. The quantitative estimate of drug-likeness (QED) is 0.629. The number of nitrogens with one attached hydrogen (secondary N) is 1. The minimum absolute atomic E-state index is 0.147. The van der Waals surface area contributed by atoms with Gasteiger partial charge in [-0.1, -0.05) is 48.7 Å². The molecule has 1 aliphatic carbocycles. The van der Waals surface area contributed by atoms with Crippen molar-refractivity contribution in [3.8, 4) is 11.5 Å². The zero-order valence-corrected chi connectivity index (χ0v) is 18.7. The van der Waals surface area contributed by atoms with Crippen LogP contribution in [0.1, 0.15) is 38.2 Å². The topological polar surface area (TPSA) is 67.9 Å². The van der Waals surface area contributed by atoms with Gasteiger partial charge in [0.05, 0.1) is 7.11 Å². The number of halogens is 1. The Morgan fingerprint density at radius 2 is 1.74 bits per heavy atom. The van der Waals surface area contributed by atoms with Gasteiger partial charge in [0, 0.05) is 17.6 Å². The maximum Gasteiger partial charge on any atom is 0.261 e. The van der Waals surface area contributed by atoms with E-state index in [1.807, 2.05) is 24.3 Å². The van der Waals surface area contributed by atoms with Crippen LogP contribution in [0.25, 0.3) is 0 Å². The Bertz CT molecular complexity index is 881. The fraction of sp³-hybridized carbons (Fsp3) is 0.417. The monoisotopic (exact) mass is 444 g/mol. The standard InChI is InChI=1S/C24H29ClN2O4/c1-17(24(29)26-20-7-3-4-8-20)27(15-18-11-13-19(25)14-12-18)23(28)16-31-22-10-6-5-9-21(22)30-2/h5-6,9-14,17,20H,3-4,7-8,15-16H2,1-2H3,(H,26,29)/t17-/m1/s1. The summed E-state index contributed by atoms with van der Waals surface area (Å²) in [6.45, 7) is 1.83. The number of para-hydroxylation sites is 2. The highest BCUT2D eigenvalue weighted by atomic mass is 35.5. The number of nitrogens with zero attached hydrogens (tertiary/aromatic N) is 1. The molecule has 6 nitrogen and oxygen atoms in total. The predicted octanol–water partition coefficient (Wildman–Crippen LogP) is 4.20. The third kappa shape index (κ3) is 6.37. The Labute approximate surface area is 188 Å². The number of carbonyl (C=O) groups excluding carboxylic acids is 2. The van der Waals surface area contributed by atoms with Gasteiger partial charge in [-0.05, 0) is 49.6 Å². The fourth-order valence-electron chi connectivity index (χ4n) is 3.72. The summed E-state index contributed by atoms with van der Waals surface area (Å²) >= 11 is 5.99. The zero-order valence-electron chi connectivity index (χ0n) is 18.0. The molecule has 0 spiro atoms. The average Bonchev–Trinajstić information content (AvgIpc) is 3.29. The van der Waals surface area contributed by atoms with E-state index in [1.165, 1.54) is 0 Å². The molecule has 1 fully saturated rings. The van der Waals surface area contributed by atoms with E-state index in [1.54, 1.807) is 43.2 Å². The van der Waals surface area contributed by atoms with E-state index in [-0.39, 0.29) is 31.0 Å². The Morgan fingerprint density at radius 1 is 1.10 bits per heavy atom. The molecule has 2 aromatic rings. The summed E-state index contributed by atoms with van der Waals surface area (Å²) in [5.41, 5.74) is 0.885. The van der Waals surface area contributed by atoms with Gasteiger partial charge in [0.2, 0.25) is 5.91 Å². The highest BCUT2D eigenvalue weighted by molar-refractivity contribution is 6.30. The first kappa shape index (κ1) is 22.9. The van der Waals surface area contributed by atoms with Gasteiger partial charge in [-0.3, -0.25) is 9.59 Å². The molecule has 31 heavy (non-hydrogen) atoms. The van der Waals surface area contributed by atoms with Gasteiger partial charge >= 0.3 is 0 Å². The lowest BCUT2D eigenvalue weighted by molar-refractivity contribution is -0.142. The largest absolute Gasteiger partial charge is 0.493 e. The van der Waals surface area contributed by atoms with Crippen molar-refractivity contribution in [3.63, 3.8) is 0 Å². The number of methoxy groups -OCH3 is 1. The second-order valence-corrected chi connectivity index (χ2v) is 8.19. The van der Waals surface area contributed by atoms with E-state index in [0.29, 0.717) is 16.5 Å². The molecule has 0 unspecified atom stereocenters. The van der Waals surface area contributed by atoms with Crippen LogP contribution in [0.5, 0.6) is 11.5 Å². The maximum atomic E-state index is 13.1. The van der Waals surface area contributed by atoms with Gasteiger partial charge in [-0.2, -0.15) is 0 Å². The summed E-state index contributed by atoms with van der Waals surface area (Å²) in [4.78, 5) is 27.5. The van der Waals surface area contributed by atoms with Crippen LogP contribution in [0.4, 0.5) is 0 Å². The molecule has 1 aliphatic rings. The minimum Gasteiger partial charge on any atom is -0.493 e. The first-order valence-electron chi connectivity index (χ1n) is 10.6. The van der Waals surface area contributed by atoms with E-state index in [4.69, 9.17) is 21.1 Å². The highest BCUT2D eigenvalue weighted by Gasteiger charge is 2.28. The summed E-state index contributed by atoms with van der Waals surface area (Å²) in [7, 11) is 1.55. The summed E-state index contributed by atoms with van der Waals surface area (Å²) in [6, 6.07) is 14.0. The molecule has 1 atom stereocenters. The molecule has 0 aliphatic heterocycles. The van der Waals surface area contributed by atoms with E-state index in [9.17, 15) is 9.59 Å². The van der Waals surface area contributed by atoms with Crippen molar-refractivity contribution in [2.45, 2.75) is 51.2 Å². The molecule has 0 heterocycles. The van der Waals surface area contributed by atoms with Crippen molar-refractivity contribution in [2.24, 2.45) is 0 Å². The molecule has 0 radical (unpaired) electrons. The van der Waals surface area contributed by atoms with Crippen LogP contribution >= 0.6 is 11.6 Å². The van der Waals surface area contributed by atoms with E-state index < -0.39 is 6.04 Å². The molecule has 3 rings (SSSR count). The Morgan fingerprint density at radius 3 is 2.39 bits per heavy atom. The van der Waals surface area contributed by atoms with Gasteiger partial charge in [-0.15, -0.1) is 0 Å². The van der Waals surface area contributed by atoms with E-state index in [0.717, 1.165) is 31.2 Å². The molecule has 166 valence electrons. The normalized spacial score (nSPS) is 14.7. The number of carbonyl (C=O) groups is 2. The molecular formula is C24H29ClN2O4. The van der Waals surface area contributed by atoms with Crippen LogP contribution in [-0.2, 0) is 16.1 Å². The molecule has 0 saturated heterocycles. The van der Waals surface area contributed by atoms with Crippen LogP contribution in [0.15, 0.2) is 48.5 Å². The van der Waals surface area contributed by atoms with E-state index >= 15 is 0 Å². The van der Waals surface area contributed by atoms with Crippen LogP contribution in [0.2, 0.25) is 5.02 Å². The maximum absolute atomic E-state index is 13.1. The van der Waals surface area contributed by atoms with Crippen LogP contribution < -0.4 is 14.8 Å². The Kier molecular flexibility index (Phi) is 8.18. The lowest BCUT2D eigenvalue weighted by Crippen LogP contribution is -2.50. The lowest BCUT2D eigenvalue weighted by Gasteiger charge is -2.29. The summed E-state index contributed by atoms with van der Waals surface area (Å²) in [5, 5.41) is 3.70. The van der Waals surface area contributed by atoms with Crippen molar-refractivity contribution in [1.29, 1.82) is 0 Å². The molecule has 1 N–H and O–H groups in total. The third-order valence-electron chi connectivity index (χ3n) is 5.56. The molecular weight excluding hydrogens is 416 g/mol. The minimum atomic E-state index is -0.634. The number of benzene rings is 2. The second-order valence-electron chi connectivity index (χ2n) is 7.75. The van der Waals surface area contributed by atoms with Crippen molar-refractivity contribution in [2.75, 3.05) is 13.7 Å². The van der Waals surface area contributed by atoms with Crippen LogP contribution in [-0.4, -0.2) is 42.5 Å². The number of hydrogen-bond donors (Lipinski definition) is 1. The smallest absolute Gasteiger partial charge is 0.261 e. The van der Waals surface area contributed by atoms with Gasteiger partial charge in [0.1, 0.15) is 6.04 Å². The second kappa shape index (κ2) is 11.0. The van der Waals surface area contributed by atoms with Crippen LogP contribution in [0.3, 0.4) is 0 Å². The Hall–Kier alpha value is -2.73. The molecule has 0 bridgehead atoms. The van der Waals surface area contributed by atoms with Crippen LogP contribution in [0, 0.1) is 0 Å². The van der Waals surface area contributed by atoms with Gasteiger partial charge in [0.25, 0.3) is 5.91 Å². The fourth-order valence-corrected chi connectivity index (χ4v) is 3.85. The molecule has 2 amide bonds. The molecule has 1 saturated carbocycles. The summed E-state index contributed by atoms with van der Waals surface area (Å²) < 4.78 is 11.0. The van der Waals surface area contributed by atoms with Crippen molar-refractivity contribution in [1.82, 2.24) is 10.2 Å². The number of ether oxygens (including phenoxy) is 2. The number of rotatable bonds is 9. The molecule has 2 aromatic carbocycles. The lowest BCUT2D eigenvalue weighted by atomic mass is 10.1. The summed E-state index contributed by atoms with van der Waals surface area (Å²) in [5.74, 6) is 0.598. The Balaban J connectivity index is 1.72. The van der Waals surface area contributed by atoms with Gasteiger partial charge in [0.15, 0.2) is 18.1 Å². The molecule has 0 aromatic heterocycles. The van der Waals surface area contributed by atoms with Gasteiger partial charge in [-0.25, -0.2) is 0 Å². The first-order chi connectivity index (χ1) is 15.0. The van der Waals surface area contributed by atoms with Crippen molar-refractivity contribution < 1.29 is 19.1 Å².